The molecule has 5 rings (SSSR count). The number of nitriles is 1. The molecule has 172 valence electrons. The van der Waals surface area contributed by atoms with E-state index in [-0.39, 0.29) is 17.0 Å². The Morgan fingerprint density at radius 1 is 1.15 bits per heavy atom. The van der Waals surface area contributed by atoms with Gasteiger partial charge in [0.2, 0.25) is 11.7 Å². The van der Waals surface area contributed by atoms with Gasteiger partial charge in [0.05, 0.1) is 11.2 Å². The molecule has 1 aliphatic rings. The third-order valence-corrected chi connectivity index (χ3v) is 7.60. The minimum absolute atomic E-state index is 0.140. The molecule has 3 heterocycles. The summed E-state index contributed by atoms with van der Waals surface area (Å²) in [6, 6.07) is 14.2. The zero-order valence-electron chi connectivity index (χ0n) is 19.3. The van der Waals surface area contributed by atoms with E-state index in [1.54, 1.807) is 11.6 Å². The van der Waals surface area contributed by atoms with Gasteiger partial charge < -0.3 is 14.0 Å². The first-order valence-corrected chi connectivity index (χ1v) is 12.1. The lowest BCUT2D eigenvalue weighted by Gasteiger charge is -2.33. The van der Waals surface area contributed by atoms with Gasteiger partial charge >= 0.3 is 0 Å². The minimum Gasteiger partial charge on any atom is -0.370 e. The van der Waals surface area contributed by atoms with Gasteiger partial charge in [0.25, 0.3) is 5.56 Å². The molecule has 34 heavy (non-hydrogen) atoms. The van der Waals surface area contributed by atoms with Crippen molar-refractivity contribution < 1.29 is 4.52 Å². The Labute approximate surface area is 205 Å². The van der Waals surface area contributed by atoms with Crippen molar-refractivity contribution in [1.82, 2.24) is 14.7 Å². The van der Waals surface area contributed by atoms with Gasteiger partial charge in [0.15, 0.2) is 0 Å². The highest BCUT2D eigenvalue weighted by Crippen LogP contribution is 2.36. The van der Waals surface area contributed by atoms with E-state index >= 15 is 0 Å². The zero-order chi connectivity index (χ0) is 24.0. The minimum atomic E-state index is -0.275. The van der Waals surface area contributed by atoms with Crippen molar-refractivity contribution in [1.29, 1.82) is 5.26 Å². The molecule has 0 amide bonds. The summed E-state index contributed by atoms with van der Waals surface area (Å²) in [6.45, 7) is 5.43. The fraction of sp³-hybridized carbons (Fsp3) is 0.308. The fourth-order valence-electron chi connectivity index (χ4n) is 4.76. The number of piperidine rings is 1. The van der Waals surface area contributed by atoms with Crippen LogP contribution in [0.25, 0.3) is 22.3 Å². The molecule has 0 radical (unpaired) electrons. The summed E-state index contributed by atoms with van der Waals surface area (Å²) in [5.74, 6) is 1.40. The number of nitrogens with zero attached hydrogens (tertiary/aromatic N) is 5. The summed E-state index contributed by atoms with van der Waals surface area (Å²) in [4.78, 5) is 19.8. The average molecular weight is 518 g/mol. The quantitative estimate of drug-likeness (QED) is 0.370. The van der Waals surface area contributed by atoms with Crippen LogP contribution in [0.1, 0.15) is 41.3 Å². The fourth-order valence-corrected chi connectivity index (χ4v) is 5.10. The van der Waals surface area contributed by atoms with E-state index in [1.165, 1.54) is 0 Å². The molecule has 7 nitrogen and oxygen atoms in total. The predicted molar refractivity (Wildman–Crippen MR) is 135 cm³/mol. The van der Waals surface area contributed by atoms with E-state index in [0.717, 1.165) is 50.6 Å². The van der Waals surface area contributed by atoms with Crippen molar-refractivity contribution in [2.45, 2.75) is 32.6 Å². The van der Waals surface area contributed by atoms with Crippen molar-refractivity contribution in [3.63, 3.8) is 0 Å². The molecule has 0 bridgehead atoms. The van der Waals surface area contributed by atoms with E-state index in [0.29, 0.717) is 24.8 Å². The maximum absolute atomic E-state index is 13.0. The SMILES string of the molecule is Cc1cc2c(N3CCC(c4nc(-c5ccccc5C)no4)CC3)c(C#N)c(=O)n(C)c2cc1Br. The van der Waals surface area contributed by atoms with Gasteiger partial charge in [-0.05, 0) is 49.9 Å². The highest BCUT2D eigenvalue weighted by molar-refractivity contribution is 9.10. The second-order valence-corrected chi connectivity index (χ2v) is 9.70. The molecule has 2 aromatic carbocycles. The van der Waals surface area contributed by atoms with Gasteiger partial charge in [0.1, 0.15) is 11.6 Å². The first-order chi connectivity index (χ1) is 16.4. The first kappa shape index (κ1) is 22.4. The number of hydrogen-bond donors (Lipinski definition) is 0. The van der Waals surface area contributed by atoms with Crippen LogP contribution in [0.2, 0.25) is 0 Å². The Hall–Kier alpha value is -3.44. The van der Waals surface area contributed by atoms with Gasteiger partial charge in [-0.15, -0.1) is 0 Å². The third kappa shape index (κ3) is 3.70. The van der Waals surface area contributed by atoms with Crippen LogP contribution in [-0.2, 0) is 7.05 Å². The summed E-state index contributed by atoms with van der Waals surface area (Å²) < 4.78 is 8.13. The molecule has 0 atom stereocenters. The lowest BCUT2D eigenvalue weighted by atomic mass is 9.95. The highest BCUT2D eigenvalue weighted by Gasteiger charge is 2.29. The molecule has 8 heteroatoms. The summed E-state index contributed by atoms with van der Waals surface area (Å²) in [5.41, 5.74) is 4.58. The van der Waals surface area contributed by atoms with Crippen molar-refractivity contribution in [3.05, 3.63) is 73.8 Å². The number of fused-ring (bicyclic) bond motifs is 1. The Morgan fingerprint density at radius 2 is 1.88 bits per heavy atom. The number of pyridine rings is 1. The van der Waals surface area contributed by atoms with Crippen molar-refractivity contribution in [2.75, 3.05) is 18.0 Å². The Kier molecular flexibility index (Phi) is 5.74. The van der Waals surface area contributed by atoms with Crippen molar-refractivity contribution >= 4 is 32.5 Å². The molecular weight excluding hydrogens is 494 g/mol. The van der Waals surface area contributed by atoms with Gasteiger partial charge in [-0.3, -0.25) is 4.79 Å². The van der Waals surface area contributed by atoms with Crippen LogP contribution in [-0.4, -0.2) is 27.8 Å². The number of aryl methyl sites for hydroxylation is 3. The number of aromatic nitrogens is 3. The van der Waals surface area contributed by atoms with E-state index in [1.807, 2.05) is 50.2 Å². The van der Waals surface area contributed by atoms with Gasteiger partial charge in [0, 0.05) is 41.5 Å². The highest BCUT2D eigenvalue weighted by atomic mass is 79.9. The summed E-state index contributed by atoms with van der Waals surface area (Å²) >= 11 is 3.57. The predicted octanol–water partition coefficient (Wildman–Crippen LogP) is 5.22. The average Bonchev–Trinajstić information content (AvgIpc) is 3.33. The van der Waals surface area contributed by atoms with Crippen LogP contribution < -0.4 is 10.5 Å². The van der Waals surface area contributed by atoms with Crippen LogP contribution >= 0.6 is 15.9 Å². The lowest BCUT2D eigenvalue weighted by molar-refractivity contribution is 0.329. The number of anilines is 1. The van der Waals surface area contributed by atoms with Crippen LogP contribution in [0.3, 0.4) is 0 Å². The molecule has 4 aromatic rings. The molecule has 1 fully saturated rings. The monoisotopic (exact) mass is 517 g/mol. The Balaban J connectivity index is 1.46. The van der Waals surface area contributed by atoms with Crippen LogP contribution in [0.4, 0.5) is 5.69 Å². The van der Waals surface area contributed by atoms with Gasteiger partial charge in [-0.25, -0.2) is 0 Å². The molecular formula is C26H24BrN5O2. The maximum Gasteiger partial charge on any atom is 0.270 e. The van der Waals surface area contributed by atoms with E-state index in [9.17, 15) is 10.1 Å². The molecule has 0 aliphatic carbocycles. The molecule has 1 aliphatic heterocycles. The van der Waals surface area contributed by atoms with Gasteiger partial charge in [-0.1, -0.05) is 45.4 Å². The number of rotatable bonds is 3. The number of hydrogen-bond acceptors (Lipinski definition) is 6. The van der Waals surface area contributed by atoms with Crippen LogP contribution in [0.5, 0.6) is 0 Å². The molecule has 0 saturated carbocycles. The topological polar surface area (TPSA) is 88.0 Å². The first-order valence-electron chi connectivity index (χ1n) is 11.3. The third-order valence-electron chi connectivity index (χ3n) is 6.75. The molecule has 1 saturated heterocycles. The van der Waals surface area contributed by atoms with E-state index in [2.05, 4.69) is 37.0 Å². The second kappa shape index (κ2) is 8.73. The van der Waals surface area contributed by atoms with Gasteiger partial charge in [-0.2, -0.15) is 10.2 Å². The molecule has 0 unspecified atom stereocenters. The number of benzene rings is 2. The summed E-state index contributed by atoms with van der Waals surface area (Å²) in [5, 5.41) is 15.0. The second-order valence-electron chi connectivity index (χ2n) is 8.85. The zero-order valence-corrected chi connectivity index (χ0v) is 20.9. The van der Waals surface area contributed by atoms with Crippen molar-refractivity contribution in [2.24, 2.45) is 7.05 Å². The molecule has 0 spiro atoms. The van der Waals surface area contributed by atoms with E-state index in [4.69, 9.17) is 4.52 Å². The maximum atomic E-state index is 13.0. The van der Waals surface area contributed by atoms with Crippen molar-refractivity contribution in [3.8, 4) is 17.5 Å². The van der Waals surface area contributed by atoms with Crippen LogP contribution in [0.15, 0.2) is 50.2 Å². The smallest absolute Gasteiger partial charge is 0.270 e. The summed E-state index contributed by atoms with van der Waals surface area (Å²) in [6.07, 6.45) is 1.60. The lowest BCUT2D eigenvalue weighted by Crippen LogP contribution is -2.36. The van der Waals surface area contributed by atoms with E-state index < -0.39 is 0 Å². The normalized spacial score (nSPS) is 14.5. The largest absolute Gasteiger partial charge is 0.370 e. The molecule has 0 N–H and O–H groups in total. The van der Waals surface area contributed by atoms with Crippen LogP contribution in [0, 0.1) is 25.2 Å². The standard InChI is InChI=1S/C26H24BrN5O2/c1-15-6-4-5-7-18(15)24-29-25(34-30-24)17-8-10-32(11-9-17)23-19-12-16(2)21(27)13-22(19)31(3)26(33)20(23)14-28/h4-7,12-13,17H,8-11H2,1-3H3. The molecule has 2 aromatic heterocycles. The number of halogens is 1. The Morgan fingerprint density at radius 3 is 2.59 bits per heavy atom. The summed E-state index contributed by atoms with van der Waals surface area (Å²) in [7, 11) is 1.71. The Bertz CT molecular complexity index is 1510.